The Hall–Kier alpha value is -0.120. The molecule has 0 amide bonds. The van der Waals surface area contributed by atoms with Crippen LogP contribution < -0.4 is 11.1 Å². The Morgan fingerprint density at radius 1 is 1.45 bits per heavy atom. The minimum Gasteiger partial charge on any atom is -0.385 e. The van der Waals surface area contributed by atoms with Crippen LogP contribution in [0.25, 0.3) is 0 Å². The van der Waals surface area contributed by atoms with E-state index in [-0.39, 0.29) is 5.54 Å². The summed E-state index contributed by atoms with van der Waals surface area (Å²) in [5.41, 5.74) is 5.65. The van der Waals surface area contributed by atoms with Crippen LogP contribution in [-0.2, 0) is 4.74 Å². The molecule has 0 aliphatic heterocycles. The van der Waals surface area contributed by atoms with E-state index in [0.717, 1.165) is 26.1 Å². The number of ether oxygens (including phenoxy) is 1. The summed E-state index contributed by atoms with van der Waals surface area (Å²) < 4.78 is 4.90. The van der Waals surface area contributed by atoms with E-state index in [4.69, 9.17) is 10.5 Å². The maximum atomic E-state index is 5.76. The molecule has 0 spiro atoms. The van der Waals surface area contributed by atoms with Gasteiger partial charge in [0.05, 0.1) is 0 Å². The number of hydrogen-bond acceptors (Lipinski definition) is 3. The summed E-state index contributed by atoms with van der Waals surface area (Å²) in [6.07, 6.45) is 1.05. The minimum atomic E-state index is -0.104. The van der Waals surface area contributed by atoms with Gasteiger partial charge >= 0.3 is 0 Å². The molecule has 0 atom stereocenters. The van der Waals surface area contributed by atoms with Gasteiger partial charge in [-0.2, -0.15) is 0 Å². The fourth-order valence-corrected chi connectivity index (χ4v) is 0.752. The summed E-state index contributed by atoms with van der Waals surface area (Å²) in [6, 6.07) is 0. The average molecular weight is 160 g/mol. The van der Waals surface area contributed by atoms with Crippen LogP contribution in [0.3, 0.4) is 0 Å². The summed E-state index contributed by atoms with van der Waals surface area (Å²) in [5, 5.41) is 3.26. The van der Waals surface area contributed by atoms with Gasteiger partial charge in [0.2, 0.25) is 0 Å². The van der Waals surface area contributed by atoms with E-state index in [2.05, 4.69) is 5.32 Å². The molecule has 0 unspecified atom stereocenters. The standard InChI is InChI=1S/C8H20N2O/c1-8(2,9)7-10-5-4-6-11-3/h10H,4-7,9H2,1-3H3. The SMILES string of the molecule is COCCCNCC(C)(C)N. The Morgan fingerprint density at radius 2 is 2.09 bits per heavy atom. The van der Waals surface area contributed by atoms with Gasteiger partial charge in [0.1, 0.15) is 0 Å². The van der Waals surface area contributed by atoms with Crippen LogP contribution in [0.4, 0.5) is 0 Å². The van der Waals surface area contributed by atoms with Crippen LogP contribution in [0.2, 0.25) is 0 Å². The monoisotopic (exact) mass is 160 g/mol. The van der Waals surface area contributed by atoms with Gasteiger partial charge in [0, 0.05) is 25.8 Å². The van der Waals surface area contributed by atoms with E-state index in [1.54, 1.807) is 7.11 Å². The molecular weight excluding hydrogens is 140 g/mol. The normalized spacial score (nSPS) is 12.0. The molecule has 0 heterocycles. The summed E-state index contributed by atoms with van der Waals surface area (Å²) in [6.45, 7) is 6.68. The Balaban J connectivity index is 3.02. The summed E-state index contributed by atoms with van der Waals surface area (Å²) in [7, 11) is 1.72. The first kappa shape index (κ1) is 10.9. The van der Waals surface area contributed by atoms with Crippen molar-refractivity contribution < 1.29 is 4.74 Å². The summed E-state index contributed by atoms with van der Waals surface area (Å²) >= 11 is 0. The van der Waals surface area contributed by atoms with Crippen LogP contribution in [0.1, 0.15) is 20.3 Å². The van der Waals surface area contributed by atoms with E-state index >= 15 is 0 Å². The molecule has 3 nitrogen and oxygen atoms in total. The lowest BCUT2D eigenvalue weighted by atomic mass is 10.1. The summed E-state index contributed by atoms with van der Waals surface area (Å²) in [4.78, 5) is 0. The smallest absolute Gasteiger partial charge is 0.0474 e. The predicted molar refractivity (Wildman–Crippen MR) is 47.6 cm³/mol. The van der Waals surface area contributed by atoms with Crippen LogP contribution in [0.15, 0.2) is 0 Å². The zero-order valence-corrected chi connectivity index (χ0v) is 7.81. The second-order valence-corrected chi connectivity index (χ2v) is 3.51. The molecule has 0 aromatic rings. The first-order valence-corrected chi connectivity index (χ1v) is 4.05. The average Bonchev–Trinajstić information content (AvgIpc) is 1.85. The topological polar surface area (TPSA) is 47.3 Å². The van der Waals surface area contributed by atoms with Gasteiger partial charge in [-0.3, -0.25) is 0 Å². The highest BCUT2D eigenvalue weighted by Gasteiger charge is 2.08. The van der Waals surface area contributed by atoms with Gasteiger partial charge in [0.25, 0.3) is 0 Å². The molecule has 0 aliphatic rings. The Morgan fingerprint density at radius 3 is 2.55 bits per heavy atom. The minimum absolute atomic E-state index is 0.104. The van der Waals surface area contributed by atoms with Gasteiger partial charge in [0.15, 0.2) is 0 Å². The zero-order valence-electron chi connectivity index (χ0n) is 7.81. The van der Waals surface area contributed by atoms with Crippen molar-refractivity contribution in [1.29, 1.82) is 0 Å². The van der Waals surface area contributed by atoms with Crippen molar-refractivity contribution in [2.45, 2.75) is 25.8 Å². The molecule has 0 saturated carbocycles. The predicted octanol–water partition coefficient (Wildman–Crippen LogP) is 0.350. The lowest BCUT2D eigenvalue weighted by Crippen LogP contribution is -2.43. The van der Waals surface area contributed by atoms with Crippen molar-refractivity contribution in [2.24, 2.45) is 5.73 Å². The third-order valence-electron chi connectivity index (χ3n) is 1.28. The van der Waals surface area contributed by atoms with E-state index in [0.29, 0.717) is 0 Å². The fourth-order valence-electron chi connectivity index (χ4n) is 0.752. The molecule has 3 heteroatoms. The number of nitrogens with one attached hydrogen (secondary N) is 1. The van der Waals surface area contributed by atoms with E-state index in [9.17, 15) is 0 Å². The fraction of sp³-hybridized carbons (Fsp3) is 1.00. The van der Waals surface area contributed by atoms with E-state index in [1.807, 2.05) is 13.8 Å². The molecule has 0 radical (unpaired) electrons. The molecular formula is C8H20N2O. The van der Waals surface area contributed by atoms with Crippen LogP contribution in [0, 0.1) is 0 Å². The van der Waals surface area contributed by atoms with Gasteiger partial charge in [-0.25, -0.2) is 0 Å². The summed E-state index contributed by atoms with van der Waals surface area (Å²) in [5.74, 6) is 0. The lowest BCUT2D eigenvalue weighted by Gasteiger charge is -2.18. The highest BCUT2D eigenvalue weighted by atomic mass is 16.5. The third kappa shape index (κ3) is 9.88. The number of rotatable bonds is 6. The largest absolute Gasteiger partial charge is 0.385 e. The van der Waals surface area contributed by atoms with Crippen LogP contribution in [-0.4, -0.2) is 32.3 Å². The maximum absolute atomic E-state index is 5.76. The Labute approximate surface area is 69.3 Å². The highest BCUT2D eigenvalue weighted by Crippen LogP contribution is 1.92. The Bertz CT molecular complexity index is 88.6. The first-order valence-electron chi connectivity index (χ1n) is 4.05. The van der Waals surface area contributed by atoms with Crippen molar-refractivity contribution in [1.82, 2.24) is 5.32 Å². The zero-order chi connectivity index (χ0) is 8.74. The molecule has 11 heavy (non-hydrogen) atoms. The van der Waals surface area contributed by atoms with Crippen molar-refractivity contribution in [3.8, 4) is 0 Å². The highest BCUT2D eigenvalue weighted by molar-refractivity contribution is 4.74. The van der Waals surface area contributed by atoms with Crippen molar-refractivity contribution in [3.05, 3.63) is 0 Å². The van der Waals surface area contributed by atoms with Gasteiger partial charge in [-0.15, -0.1) is 0 Å². The van der Waals surface area contributed by atoms with Crippen molar-refractivity contribution >= 4 is 0 Å². The number of methoxy groups -OCH3 is 1. The molecule has 0 aliphatic carbocycles. The number of hydrogen-bond donors (Lipinski definition) is 2. The van der Waals surface area contributed by atoms with Gasteiger partial charge in [-0.05, 0) is 26.8 Å². The van der Waals surface area contributed by atoms with E-state index < -0.39 is 0 Å². The van der Waals surface area contributed by atoms with Crippen molar-refractivity contribution in [3.63, 3.8) is 0 Å². The molecule has 0 bridgehead atoms. The van der Waals surface area contributed by atoms with Gasteiger partial charge < -0.3 is 15.8 Å². The maximum Gasteiger partial charge on any atom is 0.0474 e. The second-order valence-electron chi connectivity index (χ2n) is 3.51. The molecule has 0 rings (SSSR count). The molecule has 0 fully saturated rings. The molecule has 0 aromatic heterocycles. The van der Waals surface area contributed by atoms with Crippen LogP contribution >= 0.6 is 0 Å². The molecule has 0 aromatic carbocycles. The quantitative estimate of drug-likeness (QED) is 0.551. The van der Waals surface area contributed by atoms with Gasteiger partial charge in [-0.1, -0.05) is 0 Å². The Kier molecular flexibility index (Phi) is 5.46. The lowest BCUT2D eigenvalue weighted by molar-refractivity contribution is 0.193. The number of nitrogens with two attached hydrogens (primary N) is 1. The van der Waals surface area contributed by atoms with Crippen LogP contribution in [0.5, 0.6) is 0 Å². The third-order valence-corrected chi connectivity index (χ3v) is 1.28. The molecule has 0 saturated heterocycles. The van der Waals surface area contributed by atoms with E-state index in [1.165, 1.54) is 0 Å². The second kappa shape index (κ2) is 5.52. The van der Waals surface area contributed by atoms with Crippen molar-refractivity contribution in [2.75, 3.05) is 26.8 Å². The first-order chi connectivity index (χ1) is 5.06. The molecule has 3 N–H and O–H groups in total. The molecule has 68 valence electrons.